The fourth-order valence-electron chi connectivity index (χ4n) is 3.43. The first kappa shape index (κ1) is 25.8. The van der Waals surface area contributed by atoms with Gasteiger partial charge in [0, 0.05) is 11.3 Å². The Morgan fingerprint density at radius 3 is 2.42 bits per heavy atom. The van der Waals surface area contributed by atoms with Gasteiger partial charge in [0.1, 0.15) is 18.2 Å². The van der Waals surface area contributed by atoms with Crippen LogP contribution in [0, 0.1) is 11.3 Å². The Balaban J connectivity index is 1.90. The summed E-state index contributed by atoms with van der Waals surface area (Å²) in [5.41, 5.74) is 2.89. The molecule has 0 fully saturated rings. The van der Waals surface area contributed by atoms with Crippen LogP contribution < -0.4 is 14.8 Å². The van der Waals surface area contributed by atoms with Gasteiger partial charge in [-0.25, -0.2) is 4.79 Å². The zero-order valence-electron chi connectivity index (χ0n) is 19.9. The molecule has 7 nitrogen and oxygen atoms in total. The third kappa shape index (κ3) is 6.84. The molecule has 182 valence electrons. The van der Waals surface area contributed by atoms with Gasteiger partial charge in [-0.1, -0.05) is 36.4 Å². The van der Waals surface area contributed by atoms with Crippen LogP contribution in [0.15, 0.2) is 85.0 Å². The summed E-state index contributed by atoms with van der Waals surface area (Å²) in [4.78, 5) is 23.7. The van der Waals surface area contributed by atoms with Crippen LogP contribution in [0.2, 0.25) is 0 Å². The summed E-state index contributed by atoms with van der Waals surface area (Å²) < 4.78 is 11.9. The van der Waals surface area contributed by atoms with Crippen LogP contribution in [0.5, 0.6) is 11.5 Å². The number of carboxylic acid groups (broad SMARTS) is 1. The summed E-state index contributed by atoms with van der Waals surface area (Å²) in [5, 5.41) is 21.4. The zero-order valence-corrected chi connectivity index (χ0v) is 19.9. The second-order valence-corrected chi connectivity index (χ2v) is 7.71. The van der Waals surface area contributed by atoms with E-state index in [1.165, 1.54) is 18.2 Å². The van der Waals surface area contributed by atoms with Gasteiger partial charge in [0.05, 0.1) is 12.2 Å². The smallest absolute Gasteiger partial charge is 0.335 e. The van der Waals surface area contributed by atoms with Crippen molar-refractivity contribution in [2.24, 2.45) is 0 Å². The number of amides is 1. The molecule has 0 aromatic heterocycles. The number of allylic oxidation sites excluding steroid dienone is 1. The second-order valence-electron chi connectivity index (χ2n) is 7.71. The SMILES string of the molecule is C=CCc1cc(/C=C(\C#N)C(=O)Nc2ccccc2)cc(OCC)c1OCc1ccc(C(=O)O)cc1. The normalized spacial score (nSPS) is 10.7. The molecule has 0 saturated carbocycles. The van der Waals surface area contributed by atoms with Gasteiger partial charge in [0.15, 0.2) is 11.5 Å². The number of hydrogen-bond donors (Lipinski definition) is 2. The average Bonchev–Trinajstić information content (AvgIpc) is 2.88. The van der Waals surface area contributed by atoms with E-state index in [-0.39, 0.29) is 17.7 Å². The van der Waals surface area contributed by atoms with Crippen molar-refractivity contribution in [3.63, 3.8) is 0 Å². The molecule has 0 spiro atoms. The fourth-order valence-corrected chi connectivity index (χ4v) is 3.43. The van der Waals surface area contributed by atoms with E-state index in [4.69, 9.17) is 14.6 Å². The number of anilines is 1. The lowest BCUT2D eigenvalue weighted by atomic mass is 10.0. The third-order valence-electron chi connectivity index (χ3n) is 5.11. The molecule has 0 bridgehead atoms. The minimum atomic E-state index is -0.993. The summed E-state index contributed by atoms with van der Waals surface area (Å²) in [5.74, 6) is -0.529. The number of rotatable bonds is 11. The molecule has 0 radical (unpaired) electrons. The van der Waals surface area contributed by atoms with Crippen molar-refractivity contribution in [3.8, 4) is 17.6 Å². The molecule has 0 saturated heterocycles. The first-order chi connectivity index (χ1) is 17.4. The third-order valence-corrected chi connectivity index (χ3v) is 5.11. The van der Waals surface area contributed by atoms with E-state index in [1.54, 1.807) is 48.5 Å². The topological polar surface area (TPSA) is 109 Å². The lowest BCUT2D eigenvalue weighted by Gasteiger charge is -2.17. The summed E-state index contributed by atoms with van der Waals surface area (Å²) in [6.07, 6.45) is 3.69. The zero-order chi connectivity index (χ0) is 25.9. The fraction of sp³-hybridized carbons (Fsp3) is 0.138. The van der Waals surface area contributed by atoms with E-state index in [9.17, 15) is 14.9 Å². The molecule has 36 heavy (non-hydrogen) atoms. The molecule has 0 atom stereocenters. The minimum Gasteiger partial charge on any atom is -0.490 e. The summed E-state index contributed by atoms with van der Waals surface area (Å²) in [7, 11) is 0. The number of nitrogens with zero attached hydrogens (tertiary/aromatic N) is 1. The van der Waals surface area contributed by atoms with E-state index >= 15 is 0 Å². The molecular formula is C29H26N2O5. The predicted molar refractivity (Wildman–Crippen MR) is 138 cm³/mol. The number of carboxylic acids is 1. The number of ether oxygens (including phenoxy) is 2. The number of nitrogens with one attached hydrogen (secondary N) is 1. The monoisotopic (exact) mass is 482 g/mol. The summed E-state index contributed by atoms with van der Waals surface area (Å²) in [6, 6.07) is 20.8. The molecule has 0 unspecified atom stereocenters. The van der Waals surface area contributed by atoms with Crippen LogP contribution in [-0.4, -0.2) is 23.6 Å². The number of carbonyl (C=O) groups excluding carboxylic acids is 1. The van der Waals surface area contributed by atoms with Gasteiger partial charge >= 0.3 is 5.97 Å². The van der Waals surface area contributed by atoms with Crippen LogP contribution in [-0.2, 0) is 17.8 Å². The second kappa shape index (κ2) is 12.6. The van der Waals surface area contributed by atoms with Crippen molar-refractivity contribution < 1.29 is 24.2 Å². The maximum atomic E-state index is 12.7. The predicted octanol–water partition coefficient (Wildman–Crippen LogP) is 5.64. The molecule has 0 heterocycles. The standard InChI is InChI=1S/C29H26N2O5/c1-3-8-23-15-21(16-24(18-30)28(32)31-25-9-6-5-7-10-25)17-26(35-4-2)27(23)36-19-20-11-13-22(14-12-20)29(33)34/h3,5-7,9-17H,1,4,8,19H2,2H3,(H,31,32)(H,33,34)/b24-16+. The van der Waals surface area contributed by atoms with Crippen LogP contribution in [0.3, 0.4) is 0 Å². The van der Waals surface area contributed by atoms with Crippen LogP contribution in [0.4, 0.5) is 5.69 Å². The highest BCUT2D eigenvalue weighted by Gasteiger charge is 2.16. The molecule has 3 aromatic rings. The Hall–Kier alpha value is -4.83. The van der Waals surface area contributed by atoms with Gasteiger partial charge in [-0.15, -0.1) is 6.58 Å². The molecule has 0 aliphatic heterocycles. The van der Waals surface area contributed by atoms with Crippen molar-refractivity contribution in [1.29, 1.82) is 5.26 Å². The molecule has 0 aliphatic carbocycles. The highest BCUT2D eigenvalue weighted by Crippen LogP contribution is 2.35. The number of nitriles is 1. The van der Waals surface area contributed by atoms with Crippen LogP contribution >= 0.6 is 0 Å². The Labute approximate surface area is 209 Å². The highest BCUT2D eigenvalue weighted by atomic mass is 16.5. The number of carbonyl (C=O) groups is 2. The quantitative estimate of drug-likeness (QED) is 0.208. The van der Waals surface area contributed by atoms with Crippen molar-refractivity contribution in [1.82, 2.24) is 0 Å². The number of benzene rings is 3. The Kier molecular flexibility index (Phi) is 9.01. The average molecular weight is 483 g/mol. The van der Waals surface area contributed by atoms with Gasteiger partial charge in [-0.05, 0) is 66.9 Å². The largest absolute Gasteiger partial charge is 0.490 e. The van der Waals surface area contributed by atoms with E-state index < -0.39 is 11.9 Å². The molecule has 2 N–H and O–H groups in total. The maximum Gasteiger partial charge on any atom is 0.335 e. The summed E-state index contributed by atoms with van der Waals surface area (Å²) in [6.45, 7) is 6.24. The van der Waals surface area contributed by atoms with Crippen molar-refractivity contribution in [2.45, 2.75) is 20.0 Å². The van der Waals surface area contributed by atoms with Gasteiger partial charge in [0.25, 0.3) is 5.91 Å². The van der Waals surface area contributed by atoms with Crippen LogP contribution in [0.25, 0.3) is 6.08 Å². The molecule has 0 aliphatic rings. The van der Waals surface area contributed by atoms with E-state index in [2.05, 4.69) is 11.9 Å². The lowest BCUT2D eigenvalue weighted by molar-refractivity contribution is -0.112. The van der Waals surface area contributed by atoms with E-state index in [1.807, 2.05) is 25.1 Å². The number of aromatic carboxylic acids is 1. The first-order valence-corrected chi connectivity index (χ1v) is 11.3. The highest BCUT2D eigenvalue weighted by molar-refractivity contribution is 6.09. The number of para-hydroxylation sites is 1. The van der Waals surface area contributed by atoms with Crippen molar-refractivity contribution >= 4 is 23.6 Å². The van der Waals surface area contributed by atoms with Crippen LogP contribution in [0.1, 0.15) is 34.0 Å². The Morgan fingerprint density at radius 2 is 1.81 bits per heavy atom. The van der Waals surface area contributed by atoms with Crippen molar-refractivity contribution in [2.75, 3.05) is 11.9 Å². The summed E-state index contributed by atoms with van der Waals surface area (Å²) >= 11 is 0. The van der Waals surface area contributed by atoms with Gasteiger partial charge in [-0.2, -0.15) is 5.26 Å². The van der Waals surface area contributed by atoms with E-state index in [0.29, 0.717) is 35.8 Å². The van der Waals surface area contributed by atoms with Crippen molar-refractivity contribution in [3.05, 3.63) is 107 Å². The van der Waals surface area contributed by atoms with E-state index in [0.717, 1.165) is 11.1 Å². The van der Waals surface area contributed by atoms with Gasteiger partial charge in [-0.3, -0.25) is 4.79 Å². The Bertz CT molecular complexity index is 1310. The molecule has 3 aromatic carbocycles. The molecular weight excluding hydrogens is 456 g/mol. The first-order valence-electron chi connectivity index (χ1n) is 11.3. The molecule has 1 amide bonds. The van der Waals surface area contributed by atoms with Gasteiger partial charge in [0.2, 0.25) is 0 Å². The number of hydrogen-bond acceptors (Lipinski definition) is 5. The molecule has 7 heteroatoms. The van der Waals surface area contributed by atoms with Gasteiger partial charge < -0.3 is 19.9 Å². The minimum absolute atomic E-state index is 0.0574. The Morgan fingerprint density at radius 1 is 1.08 bits per heavy atom. The maximum absolute atomic E-state index is 12.7. The lowest BCUT2D eigenvalue weighted by Crippen LogP contribution is -2.13. The molecule has 3 rings (SSSR count).